The molecule has 2 saturated heterocycles. The first kappa shape index (κ1) is 25.2. The molecule has 2 aliphatic heterocycles. The Bertz CT molecular complexity index is 1330. The summed E-state index contributed by atoms with van der Waals surface area (Å²) in [6.45, 7) is 6.92. The van der Waals surface area contributed by atoms with E-state index >= 15 is 4.39 Å². The van der Waals surface area contributed by atoms with E-state index in [0.29, 0.717) is 16.9 Å². The number of ether oxygens (including phenoxy) is 2. The van der Waals surface area contributed by atoms with Crippen molar-refractivity contribution in [3.8, 4) is 11.3 Å². The standard InChI is InChI=1S/C23H25ClF3N5O4/c1-9(2)32-14-6-10(5-12(25)17(14)30-20(32)22(3,4)34)16-11(24)8-28-21(31-16)29-13-7-15-23(26,27)36-19(35-15)18(13)33/h5-6,8-9,13,15,18-19,33-34H,7H2,1-4H3,(H,28,29,31)/t13-,15+,18+,19+/m1/s1. The molecule has 9 nitrogen and oxygen atoms in total. The minimum atomic E-state index is -3.51. The van der Waals surface area contributed by atoms with Crippen molar-refractivity contribution in [2.45, 2.75) is 76.4 Å². The van der Waals surface area contributed by atoms with E-state index in [1.165, 1.54) is 12.3 Å². The number of aromatic nitrogens is 4. The van der Waals surface area contributed by atoms with Crippen LogP contribution in [0.15, 0.2) is 18.3 Å². The number of nitrogens with zero attached hydrogens (tertiary/aromatic N) is 4. The molecule has 5 rings (SSSR count). The van der Waals surface area contributed by atoms with Crippen LogP contribution in [0.1, 0.15) is 46.0 Å². The van der Waals surface area contributed by atoms with Crippen LogP contribution < -0.4 is 5.32 Å². The van der Waals surface area contributed by atoms with Gasteiger partial charge in [-0.2, -0.15) is 8.78 Å². The molecule has 2 aromatic heterocycles. The Hall–Kier alpha value is -2.51. The van der Waals surface area contributed by atoms with Crippen molar-refractivity contribution in [2.75, 3.05) is 5.32 Å². The van der Waals surface area contributed by atoms with Crippen LogP contribution in [-0.4, -0.2) is 60.4 Å². The van der Waals surface area contributed by atoms with Gasteiger partial charge in [-0.3, -0.25) is 4.74 Å². The highest BCUT2D eigenvalue weighted by molar-refractivity contribution is 6.33. The number of benzene rings is 1. The molecule has 3 aromatic rings. The minimum absolute atomic E-state index is 0.00174. The van der Waals surface area contributed by atoms with Crippen LogP contribution in [0.2, 0.25) is 5.02 Å². The number of hydrogen-bond donors (Lipinski definition) is 3. The van der Waals surface area contributed by atoms with Crippen molar-refractivity contribution >= 4 is 28.6 Å². The molecule has 36 heavy (non-hydrogen) atoms. The molecule has 0 aliphatic carbocycles. The highest BCUT2D eigenvalue weighted by Gasteiger charge is 2.59. The average Bonchev–Trinajstić information content (AvgIpc) is 3.29. The fraction of sp³-hybridized carbons (Fsp3) is 0.522. The molecule has 2 fully saturated rings. The van der Waals surface area contributed by atoms with Crippen molar-refractivity contribution in [2.24, 2.45) is 0 Å². The van der Waals surface area contributed by atoms with E-state index in [9.17, 15) is 19.0 Å². The number of nitrogens with one attached hydrogen (secondary N) is 1. The van der Waals surface area contributed by atoms with Gasteiger partial charge in [-0.15, -0.1) is 0 Å². The molecule has 13 heteroatoms. The molecule has 4 atom stereocenters. The van der Waals surface area contributed by atoms with Crippen molar-refractivity contribution in [3.63, 3.8) is 0 Å². The summed E-state index contributed by atoms with van der Waals surface area (Å²) in [6.07, 6.45) is -6.87. The molecule has 0 amide bonds. The van der Waals surface area contributed by atoms with Crippen LogP contribution in [0.4, 0.5) is 19.1 Å². The van der Waals surface area contributed by atoms with Crippen LogP contribution in [0.25, 0.3) is 22.3 Å². The van der Waals surface area contributed by atoms with Crippen molar-refractivity contribution in [1.82, 2.24) is 19.5 Å². The number of imidazole rings is 1. The molecule has 1 aromatic carbocycles. The quantitative estimate of drug-likeness (QED) is 0.456. The molecule has 2 aliphatic rings. The average molecular weight is 528 g/mol. The zero-order chi connectivity index (χ0) is 26.2. The Morgan fingerprint density at radius 2 is 2.00 bits per heavy atom. The Labute approximate surface area is 209 Å². The summed E-state index contributed by atoms with van der Waals surface area (Å²) in [5.41, 5.74) is -0.277. The maximum absolute atomic E-state index is 15.2. The van der Waals surface area contributed by atoms with E-state index in [1.54, 1.807) is 24.5 Å². The first-order valence-corrected chi connectivity index (χ1v) is 11.8. The van der Waals surface area contributed by atoms with Gasteiger partial charge < -0.3 is 24.8 Å². The SMILES string of the molecule is CC(C)n1c(C(C)(C)O)nc2c(F)cc(-c3nc(N[C@@H]4C[C@@H]5O[C@@H](OC5(F)F)[C@H]4O)ncc3Cl)cc21. The molecule has 194 valence electrons. The molecule has 0 spiro atoms. The molecule has 3 N–H and O–H groups in total. The van der Waals surface area contributed by atoms with Crippen molar-refractivity contribution in [3.05, 3.63) is 35.0 Å². The Morgan fingerprint density at radius 1 is 1.28 bits per heavy atom. The first-order valence-electron chi connectivity index (χ1n) is 11.4. The number of hydrogen-bond acceptors (Lipinski definition) is 8. The largest absolute Gasteiger partial charge is 0.386 e. The molecule has 0 unspecified atom stereocenters. The highest BCUT2D eigenvalue weighted by atomic mass is 35.5. The lowest BCUT2D eigenvalue weighted by Crippen LogP contribution is -2.48. The van der Waals surface area contributed by atoms with E-state index in [2.05, 4.69) is 25.0 Å². The van der Waals surface area contributed by atoms with Crippen LogP contribution in [0, 0.1) is 5.82 Å². The number of aliphatic hydroxyl groups is 2. The summed E-state index contributed by atoms with van der Waals surface area (Å²) >= 11 is 6.35. The topological polar surface area (TPSA) is 115 Å². The number of fused-ring (bicyclic) bond motifs is 3. The molecular weight excluding hydrogens is 503 g/mol. The lowest BCUT2D eigenvalue weighted by atomic mass is 10.0. The van der Waals surface area contributed by atoms with Gasteiger partial charge in [0.1, 0.15) is 23.0 Å². The normalized spacial score (nSPS) is 25.6. The third kappa shape index (κ3) is 4.20. The fourth-order valence-corrected chi connectivity index (χ4v) is 4.80. The predicted molar refractivity (Wildman–Crippen MR) is 124 cm³/mol. The van der Waals surface area contributed by atoms with Gasteiger partial charge in [-0.1, -0.05) is 11.6 Å². The predicted octanol–water partition coefficient (Wildman–Crippen LogP) is 3.97. The molecular formula is C23H25ClF3N5O4. The van der Waals surface area contributed by atoms with Gasteiger partial charge in [0, 0.05) is 18.0 Å². The summed E-state index contributed by atoms with van der Waals surface area (Å²) in [4.78, 5) is 12.8. The maximum atomic E-state index is 15.2. The van der Waals surface area contributed by atoms with E-state index in [-0.39, 0.29) is 34.6 Å². The summed E-state index contributed by atoms with van der Waals surface area (Å²) in [7, 11) is 0. The van der Waals surface area contributed by atoms with Crippen LogP contribution in [-0.2, 0) is 15.1 Å². The first-order chi connectivity index (χ1) is 16.8. The second-order valence-corrected chi connectivity index (χ2v) is 10.2. The van der Waals surface area contributed by atoms with E-state index < -0.39 is 42.1 Å². The van der Waals surface area contributed by atoms with Gasteiger partial charge in [0.25, 0.3) is 0 Å². The van der Waals surface area contributed by atoms with Crippen LogP contribution in [0.3, 0.4) is 0 Å². The number of anilines is 1. The number of halogens is 4. The number of rotatable bonds is 5. The Morgan fingerprint density at radius 3 is 2.67 bits per heavy atom. The van der Waals surface area contributed by atoms with Crippen molar-refractivity contribution < 1.29 is 32.9 Å². The Balaban J connectivity index is 1.53. The number of alkyl halides is 2. The van der Waals surface area contributed by atoms with Crippen LogP contribution >= 0.6 is 11.6 Å². The third-order valence-corrected chi connectivity index (χ3v) is 6.53. The molecule has 0 saturated carbocycles. The second-order valence-electron chi connectivity index (χ2n) is 9.82. The van der Waals surface area contributed by atoms with E-state index in [1.807, 2.05) is 13.8 Å². The van der Waals surface area contributed by atoms with E-state index in [0.717, 1.165) is 0 Å². The van der Waals surface area contributed by atoms with Gasteiger partial charge >= 0.3 is 6.11 Å². The smallest absolute Gasteiger partial charge is 0.384 e. The lowest BCUT2D eigenvalue weighted by Gasteiger charge is -2.31. The summed E-state index contributed by atoms with van der Waals surface area (Å²) in [5, 5.41) is 23.9. The molecule has 0 radical (unpaired) electrons. The van der Waals surface area contributed by atoms with Crippen molar-refractivity contribution in [1.29, 1.82) is 0 Å². The van der Waals surface area contributed by atoms with Gasteiger partial charge in [-0.25, -0.2) is 19.3 Å². The minimum Gasteiger partial charge on any atom is -0.386 e. The second kappa shape index (κ2) is 8.52. The zero-order valence-electron chi connectivity index (χ0n) is 19.8. The Kier molecular flexibility index (Phi) is 5.95. The van der Waals surface area contributed by atoms with Gasteiger partial charge in [0.2, 0.25) is 5.95 Å². The summed E-state index contributed by atoms with van der Waals surface area (Å²) in [6, 6.07) is 1.86. The maximum Gasteiger partial charge on any atom is 0.384 e. The summed E-state index contributed by atoms with van der Waals surface area (Å²) < 4.78 is 54.2. The van der Waals surface area contributed by atoms with Gasteiger partial charge in [0.15, 0.2) is 18.2 Å². The van der Waals surface area contributed by atoms with Crippen LogP contribution in [0.5, 0.6) is 0 Å². The molecule has 2 bridgehead atoms. The lowest BCUT2D eigenvalue weighted by molar-refractivity contribution is -0.240. The summed E-state index contributed by atoms with van der Waals surface area (Å²) in [5.74, 6) is -0.327. The fourth-order valence-electron chi connectivity index (χ4n) is 4.60. The molecule has 4 heterocycles. The monoisotopic (exact) mass is 527 g/mol. The number of aliphatic hydroxyl groups excluding tert-OH is 1. The van der Waals surface area contributed by atoms with E-state index in [4.69, 9.17) is 16.3 Å². The van der Waals surface area contributed by atoms with Gasteiger partial charge in [-0.05, 0) is 39.8 Å². The third-order valence-electron chi connectivity index (χ3n) is 6.25. The van der Waals surface area contributed by atoms with Gasteiger partial charge in [0.05, 0.1) is 28.5 Å². The highest BCUT2D eigenvalue weighted by Crippen LogP contribution is 2.42. The zero-order valence-corrected chi connectivity index (χ0v) is 20.6.